The normalized spacial score (nSPS) is 31.7. The van der Waals surface area contributed by atoms with Crippen LogP contribution in [0.2, 0.25) is 0 Å². The zero-order valence-corrected chi connectivity index (χ0v) is 22.8. The summed E-state index contributed by atoms with van der Waals surface area (Å²) < 4.78 is 38.8. The predicted octanol–water partition coefficient (Wildman–Crippen LogP) is 3.80. The maximum Gasteiger partial charge on any atom is 0.417 e. The number of hydrogen-bond acceptors (Lipinski definition) is 6. The number of anilines is 1. The van der Waals surface area contributed by atoms with Gasteiger partial charge in [0, 0.05) is 50.9 Å². The van der Waals surface area contributed by atoms with Crippen LogP contribution in [0.5, 0.6) is 0 Å². The van der Waals surface area contributed by atoms with E-state index >= 15 is 0 Å². The van der Waals surface area contributed by atoms with E-state index in [1.807, 2.05) is 11.1 Å². The number of carbonyl (C=O) groups excluding carboxylic acids is 1. The summed E-state index contributed by atoms with van der Waals surface area (Å²) in [6, 6.07) is 2.67. The van der Waals surface area contributed by atoms with Crippen LogP contribution in [0, 0.1) is 35.1 Å². The molecular weight excluding hydrogens is 507 g/mol. The lowest BCUT2D eigenvalue weighted by Gasteiger charge is -2.60. The lowest BCUT2D eigenvalue weighted by Crippen LogP contribution is -2.68. The topological polar surface area (TPSA) is 96.6 Å². The molecule has 4 aliphatic carbocycles. The molecule has 3 atom stereocenters. The highest BCUT2D eigenvalue weighted by Crippen LogP contribution is 2.55. The number of nitrogens with zero attached hydrogens (tertiary/aromatic N) is 5. The van der Waals surface area contributed by atoms with Crippen LogP contribution in [-0.4, -0.2) is 65.4 Å². The van der Waals surface area contributed by atoms with Gasteiger partial charge in [-0.1, -0.05) is 13.8 Å². The van der Waals surface area contributed by atoms with Gasteiger partial charge in [0.25, 0.3) is 0 Å². The van der Waals surface area contributed by atoms with E-state index in [9.17, 15) is 23.2 Å². The van der Waals surface area contributed by atoms with E-state index in [4.69, 9.17) is 0 Å². The van der Waals surface area contributed by atoms with Crippen molar-refractivity contribution in [1.82, 2.24) is 20.5 Å². The molecular formula is C28H38F3N7O. The van der Waals surface area contributed by atoms with Crippen LogP contribution in [0.4, 0.5) is 19.0 Å². The van der Waals surface area contributed by atoms with Gasteiger partial charge in [0.1, 0.15) is 11.7 Å². The molecule has 2 N–H and O–H groups in total. The summed E-state index contributed by atoms with van der Waals surface area (Å²) in [5.74, 6) is 2.98. The molecule has 2 unspecified atom stereocenters. The number of carbonyl (C=O) groups is 1. The van der Waals surface area contributed by atoms with Gasteiger partial charge in [-0.05, 0) is 67.9 Å². The summed E-state index contributed by atoms with van der Waals surface area (Å²) in [7, 11) is 0. The number of hydrogen-bond donors (Lipinski definition) is 2. The van der Waals surface area contributed by atoms with Crippen molar-refractivity contribution in [3.8, 4) is 6.19 Å². The molecule has 1 amide bonds. The van der Waals surface area contributed by atoms with E-state index in [0.717, 1.165) is 44.4 Å². The Morgan fingerprint density at radius 1 is 1.15 bits per heavy atom. The quantitative estimate of drug-likeness (QED) is 0.321. The zero-order valence-electron chi connectivity index (χ0n) is 22.8. The number of halogens is 3. The SMILES string of the molecule is CC(=O)NC12CC3CC(C1)C(N/C(=N\C#N)[C@@H](C(C)C)N1CCN(c4ccc(C(F)(F)F)cn4)CC1)C(C3)C2. The molecule has 1 aromatic rings. The number of amidine groups is 1. The van der Waals surface area contributed by atoms with Gasteiger partial charge >= 0.3 is 6.18 Å². The molecule has 5 aliphatic rings. The fourth-order valence-corrected chi connectivity index (χ4v) is 8.08. The highest BCUT2D eigenvalue weighted by Gasteiger charge is 2.56. The van der Waals surface area contributed by atoms with Crippen LogP contribution in [-0.2, 0) is 11.0 Å². The molecule has 0 spiro atoms. The molecule has 11 heteroatoms. The number of aromatic nitrogens is 1. The van der Waals surface area contributed by atoms with Crippen LogP contribution in [0.3, 0.4) is 0 Å². The Kier molecular flexibility index (Phi) is 7.53. The monoisotopic (exact) mass is 545 g/mol. The van der Waals surface area contributed by atoms with E-state index in [0.29, 0.717) is 55.6 Å². The number of alkyl halides is 3. The fourth-order valence-electron chi connectivity index (χ4n) is 8.08. The first-order chi connectivity index (χ1) is 18.5. The number of aliphatic imine (C=N–C) groups is 1. The van der Waals surface area contributed by atoms with Crippen LogP contribution in [0.25, 0.3) is 0 Å². The lowest BCUT2D eigenvalue weighted by molar-refractivity contribution is -0.137. The van der Waals surface area contributed by atoms with Crippen molar-refractivity contribution in [1.29, 1.82) is 5.26 Å². The molecule has 8 nitrogen and oxygen atoms in total. The summed E-state index contributed by atoms with van der Waals surface area (Å²) in [4.78, 5) is 24.6. The second-order valence-electron chi connectivity index (χ2n) is 12.3. The van der Waals surface area contributed by atoms with Crippen molar-refractivity contribution in [3.63, 3.8) is 0 Å². The average Bonchev–Trinajstić information content (AvgIpc) is 2.85. The summed E-state index contributed by atoms with van der Waals surface area (Å²) in [6.07, 6.45) is 3.78. The number of piperazine rings is 1. The number of amides is 1. The van der Waals surface area contributed by atoms with Gasteiger partial charge in [0.2, 0.25) is 12.1 Å². The first kappa shape index (κ1) is 27.7. The Morgan fingerprint density at radius 3 is 2.33 bits per heavy atom. The molecule has 4 saturated carbocycles. The number of nitriles is 1. The fraction of sp³-hybridized carbons (Fsp3) is 0.714. The summed E-state index contributed by atoms with van der Waals surface area (Å²) in [5.41, 5.74) is -0.839. The molecule has 0 radical (unpaired) electrons. The van der Waals surface area contributed by atoms with Crippen LogP contribution < -0.4 is 15.5 Å². The van der Waals surface area contributed by atoms with E-state index in [-0.39, 0.29) is 29.4 Å². The molecule has 4 bridgehead atoms. The van der Waals surface area contributed by atoms with Crippen molar-refractivity contribution in [3.05, 3.63) is 23.9 Å². The zero-order chi connectivity index (χ0) is 27.9. The summed E-state index contributed by atoms with van der Waals surface area (Å²) >= 11 is 0. The number of pyridine rings is 1. The molecule has 212 valence electrons. The van der Waals surface area contributed by atoms with Crippen LogP contribution in [0.15, 0.2) is 23.3 Å². The average molecular weight is 546 g/mol. The van der Waals surface area contributed by atoms with Gasteiger partial charge in [-0.3, -0.25) is 9.69 Å². The first-order valence-electron chi connectivity index (χ1n) is 14.0. The van der Waals surface area contributed by atoms with Crippen molar-refractivity contribution < 1.29 is 18.0 Å². The Balaban J connectivity index is 1.27. The third kappa shape index (κ3) is 5.72. The van der Waals surface area contributed by atoms with E-state index in [1.54, 1.807) is 6.92 Å². The number of nitrogens with one attached hydrogen (secondary N) is 2. The predicted molar refractivity (Wildman–Crippen MR) is 142 cm³/mol. The molecule has 6 rings (SSSR count). The molecule has 1 saturated heterocycles. The summed E-state index contributed by atoms with van der Waals surface area (Å²) in [5, 5.41) is 16.7. The van der Waals surface area contributed by atoms with Crippen molar-refractivity contribution in [2.75, 3.05) is 31.1 Å². The Bertz CT molecular complexity index is 1110. The molecule has 0 aromatic carbocycles. The third-order valence-electron chi connectivity index (χ3n) is 9.22. The largest absolute Gasteiger partial charge is 0.417 e. The minimum absolute atomic E-state index is 0.0405. The van der Waals surface area contributed by atoms with Gasteiger partial charge in [0.15, 0.2) is 0 Å². The van der Waals surface area contributed by atoms with Gasteiger partial charge in [-0.15, -0.1) is 0 Å². The Morgan fingerprint density at radius 2 is 1.82 bits per heavy atom. The van der Waals surface area contributed by atoms with Crippen molar-refractivity contribution in [2.45, 2.75) is 76.7 Å². The maximum absolute atomic E-state index is 12.9. The van der Waals surface area contributed by atoms with Crippen LogP contribution >= 0.6 is 0 Å². The van der Waals surface area contributed by atoms with Gasteiger partial charge < -0.3 is 15.5 Å². The molecule has 1 aliphatic heterocycles. The molecule has 2 heterocycles. The second kappa shape index (κ2) is 10.6. The first-order valence-corrected chi connectivity index (χ1v) is 14.0. The van der Waals surface area contributed by atoms with Crippen molar-refractivity contribution >= 4 is 17.6 Å². The minimum Gasteiger partial charge on any atom is -0.368 e. The van der Waals surface area contributed by atoms with Gasteiger partial charge in [-0.2, -0.15) is 23.4 Å². The Hall–Kier alpha value is -2.87. The van der Waals surface area contributed by atoms with E-state index in [2.05, 4.69) is 39.4 Å². The molecule has 39 heavy (non-hydrogen) atoms. The van der Waals surface area contributed by atoms with Gasteiger partial charge in [0.05, 0.1) is 11.6 Å². The lowest BCUT2D eigenvalue weighted by atomic mass is 9.51. The molecule has 1 aromatic heterocycles. The highest BCUT2D eigenvalue weighted by molar-refractivity contribution is 5.89. The Labute approximate surface area is 228 Å². The maximum atomic E-state index is 12.9. The smallest absolute Gasteiger partial charge is 0.368 e. The minimum atomic E-state index is -4.40. The molecule has 5 fully saturated rings. The van der Waals surface area contributed by atoms with Crippen molar-refractivity contribution in [2.24, 2.45) is 28.7 Å². The van der Waals surface area contributed by atoms with E-state index in [1.165, 1.54) is 6.07 Å². The third-order valence-corrected chi connectivity index (χ3v) is 9.22. The van der Waals surface area contributed by atoms with Crippen LogP contribution in [0.1, 0.15) is 58.4 Å². The standard InChI is InChI=1S/C28H38F3N7O/c1-17(2)25(38-8-6-37(7-9-38)23-5-4-22(15-33-23)28(29,30)31)26(34-16-32)35-24-20-10-19-11-21(24)14-27(12-19,13-20)36-18(3)39/h4-5,15,17,19-21,24-25H,6-14H2,1-3H3,(H,34,35)(H,36,39)/t19?,20?,21?,24?,25-,27?/m1/s1. The summed E-state index contributed by atoms with van der Waals surface area (Å²) in [6.45, 7) is 8.48. The second-order valence-corrected chi connectivity index (χ2v) is 12.3. The van der Waals surface area contributed by atoms with Gasteiger partial charge in [-0.25, -0.2) is 4.98 Å². The van der Waals surface area contributed by atoms with E-state index < -0.39 is 11.7 Å². The number of rotatable bonds is 6. The highest BCUT2D eigenvalue weighted by atomic mass is 19.4.